The summed E-state index contributed by atoms with van der Waals surface area (Å²) in [6, 6.07) is 13.5. The first-order chi connectivity index (χ1) is 14.1. The molecule has 0 aliphatic carbocycles. The monoisotopic (exact) mass is 389 g/mol. The molecule has 1 atom stereocenters. The summed E-state index contributed by atoms with van der Waals surface area (Å²) in [7, 11) is 1.61. The normalized spacial score (nSPS) is 16.7. The Balaban J connectivity index is 1.43. The van der Waals surface area contributed by atoms with Crippen molar-refractivity contribution in [3.05, 3.63) is 53.9 Å². The van der Waals surface area contributed by atoms with Gasteiger partial charge in [0.2, 0.25) is 5.91 Å². The number of carbonyl (C=O) groups is 1. The van der Waals surface area contributed by atoms with Gasteiger partial charge in [0.15, 0.2) is 11.5 Å². The lowest BCUT2D eigenvalue weighted by Gasteiger charge is -2.19. The molecule has 1 N–H and O–H groups in total. The number of hydrogen-bond acceptors (Lipinski definition) is 6. The summed E-state index contributed by atoms with van der Waals surface area (Å²) in [5.41, 5.74) is 3.37. The van der Waals surface area contributed by atoms with E-state index in [9.17, 15) is 4.79 Å². The summed E-state index contributed by atoms with van der Waals surface area (Å²) < 4.78 is 10.8. The SMILES string of the molecule is COc1ccc(C)c(N2CC(c3noc(-c4n[nH]c5ccccc45)n3)CC2=O)c1. The average Bonchev–Trinajstić information content (AvgIpc) is 3.46. The number of rotatable bonds is 4. The van der Waals surface area contributed by atoms with Crippen LogP contribution in [-0.4, -0.2) is 39.9 Å². The standard InChI is InChI=1S/C21H19N5O3/c1-12-7-8-14(28-2)10-17(12)26-11-13(9-18(26)27)20-22-21(29-25-20)19-15-5-3-4-6-16(15)23-24-19/h3-8,10,13H,9,11H2,1-2H3,(H,23,24). The van der Waals surface area contributed by atoms with E-state index in [1.54, 1.807) is 12.0 Å². The Labute approximate surface area is 166 Å². The Morgan fingerprint density at radius 2 is 2.10 bits per heavy atom. The molecular formula is C21H19N5O3. The molecule has 2 aromatic carbocycles. The van der Waals surface area contributed by atoms with Crippen molar-refractivity contribution in [3.63, 3.8) is 0 Å². The molecule has 146 valence electrons. The van der Waals surface area contributed by atoms with Crippen molar-refractivity contribution in [2.45, 2.75) is 19.3 Å². The highest BCUT2D eigenvalue weighted by Crippen LogP contribution is 2.35. The van der Waals surface area contributed by atoms with Gasteiger partial charge >= 0.3 is 0 Å². The van der Waals surface area contributed by atoms with E-state index in [0.717, 1.165) is 22.2 Å². The second-order valence-corrected chi connectivity index (χ2v) is 7.13. The van der Waals surface area contributed by atoms with Gasteiger partial charge in [0.25, 0.3) is 5.89 Å². The first-order valence-electron chi connectivity index (χ1n) is 9.36. The zero-order valence-electron chi connectivity index (χ0n) is 16.0. The van der Waals surface area contributed by atoms with Crippen LogP contribution in [0.5, 0.6) is 5.75 Å². The summed E-state index contributed by atoms with van der Waals surface area (Å²) in [6.07, 6.45) is 0.330. The molecule has 1 amide bonds. The van der Waals surface area contributed by atoms with Crippen molar-refractivity contribution < 1.29 is 14.1 Å². The Morgan fingerprint density at radius 3 is 2.97 bits per heavy atom. The number of aryl methyl sites for hydroxylation is 1. The molecule has 3 heterocycles. The molecule has 8 nitrogen and oxygen atoms in total. The molecule has 8 heteroatoms. The van der Waals surface area contributed by atoms with Crippen LogP contribution in [0.25, 0.3) is 22.5 Å². The molecule has 0 radical (unpaired) electrons. The van der Waals surface area contributed by atoms with Crippen molar-refractivity contribution in [2.24, 2.45) is 0 Å². The lowest BCUT2D eigenvalue weighted by Crippen LogP contribution is -2.25. The van der Waals surface area contributed by atoms with E-state index in [1.807, 2.05) is 49.4 Å². The average molecular weight is 389 g/mol. The molecule has 4 aromatic rings. The van der Waals surface area contributed by atoms with Gasteiger partial charge in [-0.3, -0.25) is 9.89 Å². The quantitative estimate of drug-likeness (QED) is 0.574. The zero-order valence-corrected chi connectivity index (χ0v) is 16.0. The third-order valence-electron chi connectivity index (χ3n) is 5.31. The van der Waals surface area contributed by atoms with Gasteiger partial charge < -0.3 is 14.2 Å². The van der Waals surface area contributed by atoms with Gasteiger partial charge in [-0.2, -0.15) is 10.1 Å². The topological polar surface area (TPSA) is 97.1 Å². The van der Waals surface area contributed by atoms with Crippen LogP contribution < -0.4 is 9.64 Å². The number of benzene rings is 2. The summed E-state index contributed by atoms with van der Waals surface area (Å²) in [6.45, 7) is 2.47. The molecule has 0 bridgehead atoms. The molecule has 1 unspecified atom stereocenters. The zero-order chi connectivity index (χ0) is 20.0. The first-order valence-corrected chi connectivity index (χ1v) is 9.36. The van der Waals surface area contributed by atoms with Gasteiger partial charge in [-0.05, 0) is 24.6 Å². The third kappa shape index (κ3) is 2.93. The van der Waals surface area contributed by atoms with E-state index < -0.39 is 0 Å². The Morgan fingerprint density at radius 1 is 1.24 bits per heavy atom. The fourth-order valence-electron chi connectivity index (χ4n) is 3.74. The number of ether oxygens (including phenoxy) is 1. The molecule has 2 aromatic heterocycles. The number of hydrogen-bond donors (Lipinski definition) is 1. The van der Waals surface area contributed by atoms with Crippen LogP contribution >= 0.6 is 0 Å². The molecule has 1 saturated heterocycles. The van der Waals surface area contributed by atoms with Crippen LogP contribution in [0.4, 0.5) is 5.69 Å². The van der Waals surface area contributed by atoms with Crippen LogP contribution in [-0.2, 0) is 4.79 Å². The maximum atomic E-state index is 12.7. The molecule has 0 saturated carbocycles. The number of para-hydroxylation sites is 1. The fourth-order valence-corrected chi connectivity index (χ4v) is 3.74. The summed E-state index contributed by atoms with van der Waals surface area (Å²) in [5.74, 6) is 1.47. The predicted molar refractivity (Wildman–Crippen MR) is 107 cm³/mol. The Bertz CT molecular complexity index is 1210. The van der Waals surface area contributed by atoms with Gasteiger partial charge in [0.05, 0.1) is 18.3 Å². The van der Waals surface area contributed by atoms with Crippen molar-refractivity contribution in [1.29, 1.82) is 0 Å². The minimum atomic E-state index is -0.143. The van der Waals surface area contributed by atoms with E-state index in [4.69, 9.17) is 9.26 Å². The van der Waals surface area contributed by atoms with Crippen molar-refractivity contribution in [1.82, 2.24) is 20.3 Å². The predicted octanol–water partition coefficient (Wildman–Crippen LogP) is 3.45. The van der Waals surface area contributed by atoms with Crippen LogP contribution in [0.3, 0.4) is 0 Å². The second-order valence-electron chi connectivity index (χ2n) is 7.13. The van der Waals surface area contributed by atoms with Crippen molar-refractivity contribution in [3.8, 4) is 17.3 Å². The number of aromatic nitrogens is 4. The maximum Gasteiger partial charge on any atom is 0.279 e. The lowest BCUT2D eigenvalue weighted by atomic mass is 10.1. The number of methoxy groups -OCH3 is 1. The fraction of sp³-hybridized carbons (Fsp3) is 0.238. The number of anilines is 1. The third-order valence-corrected chi connectivity index (χ3v) is 5.31. The van der Waals surface area contributed by atoms with Crippen LogP contribution in [0.1, 0.15) is 23.7 Å². The molecule has 0 spiro atoms. The summed E-state index contributed by atoms with van der Waals surface area (Å²) in [5, 5.41) is 12.3. The highest BCUT2D eigenvalue weighted by Gasteiger charge is 2.35. The summed E-state index contributed by atoms with van der Waals surface area (Å²) in [4.78, 5) is 19.0. The number of aromatic amines is 1. The number of fused-ring (bicyclic) bond motifs is 1. The molecule has 1 aliphatic heterocycles. The van der Waals surface area contributed by atoms with Crippen LogP contribution in [0.2, 0.25) is 0 Å². The number of amides is 1. The van der Waals surface area contributed by atoms with E-state index >= 15 is 0 Å². The van der Waals surface area contributed by atoms with Gasteiger partial charge in [-0.25, -0.2) is 0 Å². The molecule has 1 aliphatic rings. The molecule has 29 heavy (non-hydrogen) atoms. The van der Waals surface area contributed by atoms with E-state index in [0.29, 0.717) is 36.1 Å². The number of carbonyl (C=O) groups excluding carboxylic acids is 1. The molecule has 5 rings (SSSR count). The lowest BCUT2D eigenvalue weighted by molar-refractivity contribution is -0.117. The molecular weight excluding hydrogens is 370 g/mol. The minimum absolute atomic E-state index is 0.0305. The van der Waals surface area contributed by atoms with Gasteiger partial charge in [0, 0.05) is 30.3 Å². The highest BCUT2D eigenvalue weighted by molar-refractivity contribution is 5.97. The number of H-pyrrole nitrogens is 1. The highest BCUT2D eigenvalue weighted by atomic mass is 16.5. The van der Waals surface area contributed by atoms with E-state index in [-0.39, 0.29) is 11.8 Å². The van der Waals surface area contributed by atoms with Crippen LogP contribution in [0.15, 0.2) is 47.0 Å². The Kier molecular flexibility index (Phi) is 4.04. The van der Waals surface area contributed by atoms with Gasteiger partial charge in [-0.1, -0.05) is 29.4 Å². The number of nitrogens with zero attached hydrogens (tertiary/aromatic N) is 4. The van der Waals surface area contributed by atoms with Crippen molar-refractivity contribution in [2.75, 3.05) is 18.6 Å². The van der Waals surface area contributed by atoms with Crippen LogP contribution in [0, 0.1) is 6.92 Å². The largest absolute Gasteiger partial charge is 0.497 e. The van der Waals surface area contributed by atoms with Gasteiger partial charge in [0.1, 0.15) is 5.75 Å². The maximum absolute atomic E-state index is 12.7. The first kappa shape index (κ1) is 17.4. The van der Waals surface area contributed by atoms with E-state index in [1.165, 1.54) is 0 Å². The van der Waals surface area contributed by atoms with Gasteiger partial charge in [-0.15, -0.1) is 0 Å². The second kappa shape index (κ2) is 6.73. The minimum Gasteiger partial charge on any atom is -0.497 e. The number of nitrogens with one attached hydrogen (secondary N) is 1. The Hall–Kier alpha value is -3.68. The van der Waals surface area contributed by atoms with Crippen molar-refractivity contribution >= 4 is 22.5 Å². The molecule has 1 fully saturated rings. The van der Waals surface area contributed by atoms with E-state index in [2.05, 4.69) is 20.3 Å². The smallest absolute Gasteiger partial charge is 0.279 e. The summed E-state index contributed by atoms with van der Waals surface area (Å²) >= 11 is 0.